The molecule has 0 radical (unpaired) electrons. The zero-order chi connectivity index (χ0) is 22.3. The molecule has 0 spiro atoms. The van der Waals surface area contributed by atoms with Gasteiger partial charge in [-0.2, -0.15) is 0 Å². The molecule has 0 saturated heterocycles. The van der Waals surface area contributed by atoms with Gasteiger partial charge < -0.3 is 15.0 Å². The predicted molar refractivity (Wildman–Crippen MR) is 115 cm³/mol. The van der Waals surface area contributed by atoms with Crippen LogP contribution in [0.1, 0.15) is 31.4 Å². The second kappa shape index (κ2) is 10.4. The van der Waals surface area contributed by atoms with E-state index in [4.69, 9.17) is 4.74 Å². The average molecular weight is 413 g/mol. The fourth-order valence-corrected chi connectivity index (χ4v) is 2.89. The van der Waals surface area contributed by atoms with E-state index >= 15 is 0 Å². The van der Waals surface area contributed by atoms with E-state index in [-0.39, 0.29) is 29.9 Å². The van der Waals surface area contributed by atoms with Crippen molar-refractivity contribution in [3.8, 4) is 5.75 Å². The normalized spacial score (nSPS) is 11.5. The Morgan fingerprint density at radius 3 is 2.53 bits per heavy atom. The Balaban J connectivity index is 2.08. The first kappa shape index (κ1) is 22.9. The zero-order valence-corrected chi connectivity index (χ0v) is 17.7. The van der Waals surface area contributed by atoms with Gasteiger partial charge in [-0.25, -0.2) is 0 Å². The molecule has 8 nitrogen and oxygen atoms in total. The highest BCUT2D eigenvalue weighted by molar-refractivity contribution is 5.95. The lowest BCUT2D eigenvalue weighted by molar-refractivity contribution is -0.385. The van der Waals surface area contributed by atoms with Crippen LogP contribution in [-0.4, -0.2) is 40.8 Å². The molecule has 0 aliphatic heterocycles. The van der Waals surface area contributed by atoms with Gasteiger partial charge >= 0.3 is 5.69 Å². The number of benzene rings is 2. The molecule has 0 fully saturated rings. The third kappa shape index (κ3) is 5.79. The van der Waals surface area contributed by atoms with Gasteiger partial charge in [0.2, 0.25) is 5.91 Å². The van der Waals surface area contributed by atoms with E-state index in [1.54, 1.807) is 6.07 Å². The highest BCUT2D eigenvalue weighted by atomic mass is 16.6. The third-order valence-electron chi connectivity index (χ3n) is 5.05. The molecule has 30 heavy (non-hydrogen) atoms. The Hall–Kier alpha value is -3.42. The molecule has 1 atom stereocenters. The van der Waals surface area contributed by atoms with E-state index in [2.05, 4.69) is 5.32 Å². The molecule has 0 unspecified atom stereocenters. The van der Waals surface area contributed by atoms with Crippen molar-refractivity contribution in [3.63, 3.8) is 0 Å². The fraction of sp³-hybridized carbons (Fsp3) is 0.364. The number of nitrogens with one attached hydrogen (secondary N) is 1. The van der Waals surface area contributed by atoms with Gasteiger partial charge in [-0.1, -0.05) is 31.2 Å². The summed E-state index contributed by atoms with van der Waals surface area (Å²) in [6.45, 7) is 7.10. The van der Waals surface area contributed by atoms with Crippen LogP contribution in [0.4, 0.5) is 11.4 Å². The van der Waals surface area contributed by atoms with Gasteiger partial charge in [-0.3, -0.25) is 19.7 Å². The van der Waals surface area contributed by atoms with Gasteiger partial charge in [0.25, 0.3) is 5.91 Å². The number of amides is 2. The van der Waals surface area contributed by atoms with Crippen molar-refractivity contribution in [2.45, 2.75) is 40.2 Å². The second-order valence-electron chi connectivity index (χ2n) is 7.09. The van der Waals surface area contributed by atoms with Crippen molar-refractivity contribution in [1.29, 1.82) is 0 Å². The molecule has 8 heteroatoms. The molecular weight excluding hydrogens is 386 g/mol. The van der Waals surface area contributed by atoms with E-state index in [1.165, 1.54) is 23.1 Å². The van der Waals surface area contributed by atoms with Crippen molar-refractivity contribution in [2.75, 3.05) is 18.5 Å². The molecule has 0 saturated carbocycles. The number of rotatable bonds is 9. The summed E-state index contributed by atoms with van der Waals surface area (Å²) in [7, 11) is 0. The van der Waals surface area contributed by atoms with Crippen LogP contribution in [0.3, 0.4) is 0 Å². The van der Waals surface area contributed by atoms with Crippen LogP contribution in [-0.2, 0) is 9.59 Å². The van der Waals surface area contributed by atoms with E-state index in [9.17, 15) is 19.7 Å². The number of aryl methyl sites for hydroxylation is 1. The number of anilines is 1. The smallest absolute Gasteiger partial charge is 0.310 e. The van der Waals surface area contributed by atoms with Gasteiger partial charge in [-0.05, 0) is 50.5 Å². The lowest BCUT2D eigenvalue weighted by atomic mass is 10.1. The summed E-state index contributed by atoms with van der Waals surface area (Å²) in [6.07, 6.45) is 0.647. The van der Waals surface area contributed by atoms with Gasteiger partial charge in [0.05, 0.1) is 4.92 Å². The highest BCUT2D eigenvalue weighted by Gasteiger charge is 2.24. The van der Waals surface area contributed by atoms with Gasteiger partial charge in [0.15, 0.2) is 12.4 Å². The minimum atomic E-state index is -0.566. The summed E-state index contributed by atoms with van der Waals surface area (Å²) >= 11 is 0. The molecule has 2 rings (SSSR count). The Bertz CT molecular complexity index is 929. The standard InChI is InChI=1S/C22H27N3O5/c1-5-16(3)24(13-21(26)23-18-10-8-9-15(2)17(18)4)22(27)14-30-20-12-7-6-11-19(20)25(28)29/h6-12,16H,5,13-14H2,1-4H3,(H,23,26)/t16-/m1/s1. The molecule has 160 valence electrons. The molecule has 0 aromatic heterocycles. The largest absolute Gasteiger partial charge is 0.477 e. The van der Waals surface area contributed by atoms with E-state index in [0.29, 0.717) is 12.1 Å². The molecule has 0 aliphatic rings. The summed E-state index contributed by atoms with van der Waals surface area (Å²) < 4.78 is 5.41. The summed E-state index contributed by atoms with van der Waals surface area (Å²) in [6, 6.07) is 11.3. The predicted octanol–water partition coefficient (Wildman–Crippen LogP) is 3.86. The maximum atomic E-state index is 12.8. The van der Waals surface area contributed by atoms with E-state index in [1.807, 2.05) is 45.9 Å². The van der Waals surface area contributed by atoms with Crippen molar-refractivity contribution in [1.82, 2.24) is 4.90 Å². The van der Waals surface area contributed by atoms with E-state index < -0.39 is 17.4 Å². The lowest BCUT2D eigenvalue weighted by Gasteiger charge is -2.28. The first-order valence-electron chi connectivity index (χ1n) is 9.76. The minimum Gasteiger partial charge on any atom is -0.477 e. The molecule has 0 bridgehead atoms. The number of para-hydroxylation sites is 2. The molecular formula is C22H27N3O5. The monoisotopic (exact) mass is 413 g/mol. The third-order valence-corrected chi connectivity index (χ3v) is 5.05. The zero-order valence-electron chi connectivity index (χ0n) is 17.7. The number of nitrogens with zero attached hydrogens (tertiary/aromatic N) is 2. The quantitative estimate of drug-likeness (QED) is 0.497. The molecule has 0 aliphatic carbocycles. The number of nitro groups is 1. The van der Waals surface area contributed by atoms with Crippen LogP contribution in [0.5, 0.6) is 5.75 Å². The lowest BCUT2D eigenvalue weighted by Crippen LogP contribution is -2.45. The number of carbonyl (C=O) groups is 2. The van der Waals surface area contributed by atoms with Crippen LogP contribution >= 0.6 is 0 Å². The van der Waals surface area contributed by atoms with E-state index in [0.717, 1.165) is 11.1 Å². The Kier molecular flexibility index (Phi) is 7.91. The summed E-state index contributed by atoms with van der Waals surface area (Å²) in [5, 5.41) is 14.0. The van der Waals surface area contributed by atoms with Crippen molar-refractivity contribution in [2.24, 2.45) is 0 Å². The van der Waals surface area contributed by atoms with Crippen LogP contribution in [0, 0.1) is 24.0 Å². The Morgan fingerprint density at radius 1 is 1.17 bits per heavy atom. The first-order valence-corrected chi connectivity index (χ1v) is 9.76. The second-order valence-corrected chi connectivity index (χ2v) is 7.09. The number of carbonyl (C=O) groups excluding carboxylic acids is 2. The maximum absolute atomic E-state index is 12.8. The van der Waals surface area contributed by atoms with Gasteiger partial charge in [0.1, 0.15) is 6.54 Å². The number of hydrogen-bond acceptors (Lipinski definition) is 5. The highest BCUT2D eigenvalue weighted by Crippen LogP contribution is 2.26. The molecule has 1 N–H and O–H groups in total. The van der Waals surface area contributed by atoms with Gasteiger partial charge in [-0.15, -0.1) is 0 Å². The van der Waals surface area contributed by atoms with Crippen LogP contribution in [0.25, 0.3) is 0 Å². The number of hydrogen-bond donors (Lipinski definition) is 1. The fourth-order valence-electron chi connectivity index (χ4n) is 2.89. The number of nitro benzene ring substituents is 1. The van der Waals surface area contributed by atoms with Crippen LogP contribution in [0.15, 0.2) is 42.5 Å². The first-order chi connectivity index (χ1) is 14.2. The van der Waals surface area contributed by atoms with Crippen molar-refractivity contribution < 1.29 is 19.2 Å². The topological polar surface area (TPSA) is 102 Å². The molecule has 0 heterocycles. The SMILES string of the molecule is CC[C@@H](C)N(CC(=O)Nc1cccc(C)c1C)C(=O)COc1ccccc1[N+](=O)[O-]. The maximum Gasteiger partial charge on any atom is 0.310 e. The molecule has 2 aromatic rings. The van der Waals surface area contributed by atoms with Gasteiger partial charge in [0, 0.05) is 17.8 Å². The number of ether oxygens (including phenoxy) is 1. The molecule has 2 aromatic carbocycles. The minimum absolute atomic E-state index is 0.0137. The average Bonchev–Trinajstić information content (AvgIpc) is 2.73. The summed E-state index contributed by atoms with van der Waals surface area (Å²) in [4.78, 5) is 37.3. The van der Waals surface area contributed by atoms with Crippen molar-refractivity contribution >= 4 is 23.2 Å². The van der Waals surface area contributed by atoms with Crippen LogP contribution in [0.2, 0.25) is 0 Å². The Morgan fingerprint density at radius 2 is 1.87 bits per heavy atom. The summed E-state index contributed by atoms with van der Waals surface area (Å²) in [5.41, 5.74) is 2.51. The molecule has 2 amide bonds. The van der Waals surface area contributed by atoms with Crippen molar-refractivity contribution in [3.05, 3.63) is 63.7 Å². The van der Waals surface area contributed by atoms with Crippen LogP contribution < -0.4 is 10.1 Å². The summed E-state index contributed by atoms with van der Waals surface area (Å²) in [5.74, 6) is -0.721. The Labute approximate surface area is 176 Å².